The van der Waals surface area contributed by atoms with Crippen LogP contribution in [0.15, 0.2) is 34.0 Å². The number of hydrogen-bond acceptors (Lipinski definition) is 5. The number of hydrogen-bond donors (Lipinski definition) is 1. The van der Waals surface area contributed by atoms with Gasteiger partial charge in [0.05, 0.1) is 12.0 Å². The maximum Gasteiger partial charge on any atom is 0.223 e. The Kier molecular flexibility index (Phi) is 3.46. The summed E-state index contributed by atoms with van der Waals surface area (Å²) in [6.45, 7) is 2.00. The molecular weight excluding hydrogens is 222 g/mol. The summed E-state index contributed by atoms with van der Waals surface area (Å²) in [5.41, 5.74) is 1.08. The number of rotatable bonds is 4. The minimum atomic E-state index is 0.646. The summed E-state index contributed by atoms with van der Waals surface area (Å²) in [6.07, 6.45) is 3.51. The van der Waals surface area contributed by atoms with Gasteiger partial charge in [-0.1, -0.05) is 11.8 Å². The van der Waals surface area contributed by atoms with Gasteiger partial charge < -0.3 is 9.73 Å². The number of furan rings is 1. The van der Waals surface area contributed by atoms with Crippen LogP contribution in [0.3, 0.4) is 0 Å². The van der Waals surface area contributed by atoms with Crippen LogP contribution in [-0.4, -0.2) is 17.0 Å². The predicted octanol–water partition coefficient (Wildman–Crippen LogP) is 2.71. The van der Waals surface area contributed by atoms with Crippen molar-refractivity contribution in [1.82, 2.24) is 9.97 Å². The molecule has 0 amide bonds. The molecule has 0 aromatic carbocycles. The van der Waals surface area contributed by atoms with Gasteiger partial charge in [0.15, 0.2) is 0 Å². The first-order valence-electron chi connectivity index (χ1n) is 4.96. The SMILES string of the molecule is CNc1ncc(C)c(SCc2ccco2)n1. The summed E-state index contributed by atoms with van der Waals surface area (Å²) >= 11 is 1.65. The van der Waals surface area contributed by atoms with E-state index in [1.165, 1.54) is 0 Å². The van der Waals surface area contributed by atoms with E-state index in [-0.39, 0.29) is 0 Å². The molecule has 0 unspecified atom stereocenters. The summed E-state index contributed by atoms with van der Waals surface area (Å²) in [4.78, 5) is 8.53. The van der Waals surface area contributed by atoms with Gasteiger partial charge in [-0.15, -0.1) is 0 Å². The third-order valence-corrected chi connectivity index (χ3v) is 3.20. The molecule has 2 aromatic rings. The number of nitrogens with one attached hydrogen (secondary N) is 1. The van der Waals surface area contributed by atoms with Crippen molar-refractivity contribution in [3.63, 3.8) is 0 Å². The van der Waals surface area contributed by atoms with E-state index in [4.69, 9.17) is 4.42 Å². The van der Waals surface area contributed by atoms with Crippen molar-refractivity contribution in [2.24, 2.45) is 0 Å². The fraction of sp³-hybridized carbons (Fsp3) is 0.273. The fourth-order valence-corrected chi connectivity index (χ4v) is 2.10. The third-order valence-electron chi connectivity index (χ3n) is 2.08. The van der Waals surface area contributed by atoms with Crippen molar-refractivity contribution in [2.45, 2.75) is 17.7 Å². The van der Waals surface area contributed by atoms with E-state index in [1.807, 2.05) is 32.3 Å². The standard InChI is InChI=1S/C11H13N3OS/c1-8-6-13-11(12-2)14-10(8)16-7-9-4-3-5-15-9/h3-6H,7H2,1-2H3,(H,12,13,14). The van der Waals surface area contributed by atoms with Gasteiger partial charge >= 0.3 is 0 Å². The van der Waals surface area contributed by atoms with Gasteiger partial charge in [-0.05, 0) is 24.6 Å². The van der Waals surface area contributed by atoms with E-state index in [9.17, 15) is 0 Å². The second-order valence-corrected chi connectivity index (χ2v) is 4.26. The lowest BCUT2D eigenvalue weighted by Gasteiger charge is -2.05. The molecule has 16 heavy (non-hydrogen) atoms. The first-order valence-corrected chi connectivity index (χ1v) is 5.94. The molecule has 2 rings (SSSR count). The van der Waals surface area contributed by atoms with Crippen molar-refractivity contribution in [3.05, 3.63) is 35.9 Å². The highest BCUT2D eigenvalue weighted by atomic mass is 32.2. The predicted molar refractivity (Wildman–Crippen MR) is 64.6 cm³/mol. The van der Waals surface area contributed by atoms with Gasteiger partial charge in [0.1, 0.15) is 10.8 Å². The van der Waals surface area contributed by atoms with E-state index in [0.717, 1.165) is 22.1 Å². The number of aryl methyl sites for hydroxylation is 1. The van der Waals surface area contributed by atoms with Gasteiger partial charge in [-0.3, -0.25) is 0 Å². The summed E-state index contributed by atoms with van der Waals surface area (Å²) in [5.74, 6) is 2.38. The molecule has 5 heteroatoms. The Morgan fingerprint density at radius 2 is 2.38 bits per heavy atom. The van der Waals surface area contributed by atoms with Crippen LogP contribution in [0.5, 0.6) is 0 Å². The number of anilines is 1. The molecule has 4 nitrogen and oxygen atoms in total. The molecule has 0 saturated heterocycles. The average molecular weight is 235 g/mol. The van der Waals surface area contributed by atoms with Crippen molar-refractivity contribution in [2.75, 3.05) is 12.4 Å². The van der Waals surface area contributed by atoms with Gasteiger partial charge in [0, 0.05) is 13.2 Å². The Hall–Kier alpha value is -1.49. The Morgan fingerprint density at radius 1 is 1.50 bits per heavy atom. The van der Waals surface area contributed by atoms with Crippen LogP contribution in [0.25, 0.3) is 0 Å². The zero-order chi connectivity index (χ0) is 11.4. The molecule has 0 bridgehead atoms. The van der Waals surface area contributed by atoms with Crippen LogP contribution in [0.1, 0.15) is 11.3 Å². The number of aromatic nitrogens is 2. The molecule has 2 aromatic heterocycles. The van der Waals surface area contributed by atoms with Crippen molar-refractivity contribution < 1.29 is 4.42 Å². The summed E-state index contributed by atoms with van der Waals surface area (Å²) in [5, 5.41) is 3.91. The van der Waals surface area contributed by atoms with Gasteiger partial charge in [0.25, 0.3) is 0 Å². The highest BCUT2D eigenvalue weighted by Gasteiger charge is 2.05. The molecule has 84 valence electrons. The van der Waals surface area contributed by atoms with Gasteiger partial charge in [0.2, 0.25) is 5.95 Å². The molecule has 0 fully saturated rings. The fourth-order valence-electron chi connectivity index (χ4n) is 1.23. The Bertz CT molecular complexity index is 456. The first-order chi connectivity index (χ1) is 7.79. The lowest BCUT2D eigenvalue weighted by molar-refractivity contribution is 0.530. The molecule has 0 spiro atoms. The molecule has 0 radical (unpaired) electrons. The molecule has 0 saturated carbocycles. The molecule has 0 aliphatic carbocycles. The van der Waals surface area contributed by atoms with Crippen LogP contribution in [0, 0.1) is 6.92 Å². The number of nitrogens with zero attached hydrogens (tertiary/aromatic N) is 2. The Morgan fingerprint density at radius 3 is 3.06 bits per heavy atom. The summed E-state index contributed by atoms with van der Waals surface area (Å²) in [7, 11) is 1.81. The topological polar surface area (TPSA) is 51.0 Å². The van der Waals surface area contributed by atoms with E-state index in [0.29, 0.717) is 5.95 Å². The molecule has 0 aliphatic rings. The Labute approximate surface area is 98.5 Å². The minimum absolute atomic E-state index is 0.646. The van der Waals surface area contributed by atoms with E-state index in [1.54, 1.807) is 18.0 Å². The highest BCUT2D eigenvalue weighted by Crippen LogP contribution is 2.24. The smallest absolute Gasteiger partial charge is 0.223 e. The zero-order valence-corrected chi connectivity index (χ0v) is 10.0. The number of thioether (sulfide) groups is 1. The minimum Gasteiger partial charge on any atom is -0.468 e. The maximum absolute atomic E-state index is 5.27. The largest absolute Gasteiger partial charge is 0.468 e. The summed E-state index contributed by atoms with van der Waals surface area (Å²) < 4.78 is 5.27. The second-order valence-electron chi connectivity index (χ2n) is 3.30. The lowest BCUT2D eigenvalue weighted by atomic mass is 10.4. The van der Waals surface area contributed by atoms with Crippen LogP contribution < -0.4 is 5.32 Å². The van der Waals surface area contributed by atoms with E-state index >= 15 is 0 Å². The first kappa shape index (κ1) is 11.0. The molecule has 0 atom stereocenters. The summed E-state index contributed by atoms with van der Waals surface area (Å²) in [6, 6.07) is 3.85. The molecule has 1 N–H and O–H groups in total. The van der Waals surface area contributed by atoms with Crippen molar-refractivity contribution in [1.29, 1.82) is 0 Å². The molecule has 2 heterocycles. The van der Waals surface area contributed by atoms with Crippen LogP contribution in [-0.2, 0) is 5.75 Å². The molecule has 0 aliphatic heterocycles. The lowest BCUT2D eigenvalue weighted by Crippen LogP contribution is -1.98. The Balaban J connectivity index is 2.08. The quantitative estimate of drug-likeness (QED) is 0.652. The second kappa shape index (κ2) is 5.03. The zero-order valence-electron chi connectivity index (χ0n) is 9.23. The average Bonchev–Trinajstić information content (AvgIpc) is 2.81. The van der Waals surface area contributed by atoms with Crippen molar-refractivity contribution >= 4 is 17.7 Å². The van der Waals surface area contributed by atoms with E-state index in [2.05, 4.69) is 15.3 Å². The highest BCUT2D eigenvalue weighted by molar-refractivity contribution is 7.98. The normalized spacial score (nSPS) is 10.4. The van der Waals surface area contributed by atoms with Crippen LogP contribution in [0.2, 0.25) is 0 Å². The molecular formula is C11H13N3OS. The van der Waals surface area contributed by atoms with Crippen LogP contribution in [0.4, 0.5) is 5.95 Å². The maximum atomic E-state index is 5.27. The third kappa shape index (κ3) is 2.55. The van der Waals surface area contributed by atoms with Gasteiger partial charge in [-0.25, -0.2) is 9.97 Å². The van der Waals surface area contributed by atoms with E-state index < -0.39 is 0 Å². The van der Waals surface area contributed by atoms with Crippen molar-refractivity contribution in [3.8, 4) is 0 Å². The monoisotopic (exact) mass is 235 g/mol. The van der Waals surface area contributed by atoms with Crippen LogP contribution >= 0.6 is 11.8 Å². The van der Waals surface area contributed by atoms with Gasteiger partial charge in [-0.2, -0.15) is 0 Å².